The molecule has 0 fully saturated rings. The quantitative estimate of drug-likeness (QED) is 0.611. The molecule has 21 heavy (non-hydrogen) atoms. The molecule has 0 spiro atoms. The van der Waals surface area contributed by atoms with E-state index in [0.717, 1.165) is 24.8 Å². The maximum atomic E-state index is 11.6. The number of hydrogen-bond acceptors (Lipinski definition) is 3. The molecule has 3 nitrogen and oxygen atoms in total. The van der Waals surface area contributed by atoms with E-state index in [1.165, 1.54) is 5.56 Å². The van der Waals surface area contributed by atoms with E-state index < -0.39 is 0 Å². The Morgan fingerprint density at radius 3 is 2.33 bits per heavy atom. The third-order valence-electron chi connectivity index (χ3n) is 3.47. The molecule has 0 heterocycles. The third-order valence-corrected chi connectivity index (χ3v) is 3.47. The van der Waals surface area contributed by atoms with Gasteiger partial charge in [0.15, 0.2) is 0 Å². The Morgan fingerprint density at radius 2 is 1.81 bits per heavy atom. The number of esters is 1. The van der Waals surface area contributed by atoms with E-state index in [0.29, 0.717) is 13.0 Å². The molecule has 0 aliphatic carbocycles. The average molecular weight is 292 g/mol. The molecular weight excluding hydrogens is 264 g/mol. The molecule has 1 atom stereocenters. The van der Waals surface area contributed by atoms with E-state index in [1.807, 2.05) is 12.1 Å². The van der Waals surface area contributed by atoms with Crippen molar-refractivity contribution >= 4 is 5.97 Å². The molecule has 3 heteroatoms. The van der Waals surface area contributed by atoms with Crippen LogP contribution < -0.4 is 0 Å². The molecule has 1 aromatic rings. The smallest absolute Gasteiger partial charge is 0.306 e. The monoisotopic (exact) mass is 292 g/mol. The minimum atomic E-state index is -0.289. The van der Waals surface area contributed by atoms with Gasteiger partial charge in [-0.05, 0) is 36.3 Å². The normalized spacial score (nSPS) is 13.0. The Bertz CT molecular complexity index is 427. The Morgan fingerprint density at radius 1 is 1.19 bits per heavy atom. The van der Waals surface area contributed by atoms with E-state index in [9.17, 15) is 4.79 Å². The van der Waals surface area contributed by atoms with Crippen LogP contribution in [0.25, 0.3) is 0 Å². The molecule has 1 aromatic carbocycles. The summed E-state index contributed by atoms with van der Waals surface area (Å²) in [5, 5.41) is 9.13. The molecule has 0 radical (unpaired) electrons. The topological polar surface area (TPSA) is 46.5 Å². The van der Waals surface area contributed by atoms with E-state index in [2.05, 4.69) is 32.9 Å². The van der Waals surface area contributed by atoms with Crippen molar-refractivity contribution in [1.82, 2.24) is 0 Å². The summed E-state index contributed by atoms with van der Waals surface area (Å²) in [6, 6.07) is 8.21. The fourth-order valence-corrected chi connectivity index (χ4v) is 2.05. The summed E-state index contributed by atoms with van der Waals surface area (Å²) in [7, 11) is 0. The molecule has 118 valence electrons. The summed E-state index contributed by atoms with van der Waals surface area (Å²) in [5.74, 6) is -0.166. The molecule has 1 N–H and O–H groups in total. The lowest BCUT2D eigenvalue weighted by Gasteiger charge is -2.19. The van der Waals surface area contributed by atoms with E-state index in [4.69, 9.17) is 9.84 Å². The SMILES string of the molecule is C[C@H](O)CCCCC(=O)OCc1ccc(C(C)(C)C)cc1. The number of rotatable bonds is 7. The highest BCUT2D eigenvalue weighted by Gasteiger charge is 2.13. The van der Waals surface area contributed by atoms with Crippen LogP contribution in [0.15, 0.2) is 24.3 Å². The summed E-state index contributed by atoms with van der Waals surface area (Å²) in [5.41, 5.74) is 2.43. The van der Waals surface area contributed by atoms with Crippen molar-refractivity contribution in [3.8, 4) is 0 Å². The van der Waals surface area contributed by atoms with Crippen LogP contribution in [-0.2, 0) is 21.6 Å². The summed E-state index contributed by atoms with van der Waals surface area (Å²) in [6.45, 7) is 8.62. The van der Waals surface area contributed by atoms with E-state index in [1.54, 1.807) is 6.92 Å². The molecule has 0 aliphatic rings. The number of carbonyl (C=O) groups excluding carboxylic acids is 1. The third kappa shape index (κ3) is 7.28. The minimum Gasteiger partial charge on any atom is -0.461 e. The molecule has 0 saturated heterocycles. The van der Waals surface area contributed by atoms with Crippen LogP contribution in [0.5, 0.6) is 0 Å². The highest BCUT2D eigenvalue weighted by molar-refractivity contribution is 5.69. The van der Waals surface area contributed by atoms with Gasteiger partial charge in [-0.2, -0.15) is 0 Å². The van der Waals surface area contributed by atoms with Gasteiger partial charge in [-0.15, -0.1) is 0 Å². The molecule has 0 amide bonds. The predicted octanol–water partition coefficient (Wildman–Crippen LogP) is 3.97. The van der Waals surface area contributed by atoms with Crippen LogP contribution in [0.2, 0.25) is 0 Å². The van der Waals surface area contributed by atoms with Crippen LogP contribution in [-0.4, -0.2) is 17.2 Å². The van der Waals surface area contributed by atoms with Crippen molar-refractivity contribution in [3.05, 3.63) is 35.4 Å². The highest BCUT2D eigenvalue weighted by Crippen LogP contribution is 2.22. The second-order valence-corrected chi connectivity index (χ2v) is 6.70. The number of unbranched alkanes of at least 4 members (excludes halogenated alkanes) is 1. The van der Waals surface area contributed by atoms with Crippen molar-refractivity contribution in [2.75, 3.05) is 0 Å². The van der Waals surface area contributed by atoms with Crippen molar-refractivity contribution in [2.45, 2.75) is 71.5 Å². The Hall–Kier alpha value is -1.35. The Balaban J connectivity index is 2.30. The van der Waals surface area contributed by atoms with E-state index >= 15 is 0 Å². The number of ether oxygens (including phenoxy) is 1. The lowest BCUT2D eigenvalue weighted by molar-refractivity contribution is -0.145. The molecule has 0 aromatic heterocycles. The first-order chi connectivity index (χ1) is 9.79. The molecule has 1 rings (SSSR count). The van der Waals surface area contributed by atoms with Crippen LogP contribution in [0.3, 0.4) is 0 Å². The Kier molecular flexibility index (Phi) is 6.90. The van der Waals surface area contributed by atoms with Crippen molar-refractivity contribution < 1.29 is 14.6 Å². The van der Waals surface area contributed by atoms with Gasteiger partial charge >= 0.3 is 5.97 Å². The van der Waals surface area contributed by atoms with Gasteiger partial charge in [0, 0.05) is 6.42 Å². The zero-order valence-corrected chi connectivity index (χ0v) is 13.7. The second kappa shape index (κ2) is 8.18. The summed E-state index contributed by atoms with van der Waals surface area (Å²) in [6.07, 6.45) is 2.50. The van der Waals surface area contributed by atoms with Gasteiger partial charge in [0.1, 0.15) is 6.61 Å². The van der Waals surface area contributed by atoms with Gasteiger partial charge in [0.05, 0.1) is 6.10 Å². The number of aliphatic hydroxyl groups excluding tert-OH is 1. The van der Waals surface area contributed by atoms with Crippen molar-refractivity contribution in [2.24, 2.45) is 0 Å². The summed E-state index contributed by atoms with van der Waals surface area (Å²) in [4.78, 5) is 11.6. The highest BCUT2D eigenvalue weighted by atomic mass is 16.5. The van der Waals surface area contributed by atoms with E-state index in [-0.39, 0.29) is 17.5 Å². The molecular formula is C18H28O3. The van der Waals surface area contributed by atoms with Gasteiger partial charge in [-0.25, -0.2) is 0 Å². The van der Waals surface area contributed by atoms with Crippen molar-refractivity contribution in [3.63, 3.8) is 0 Å². The second-order valence-electron chi connectivity index (χ2n) is 6.70. The first-order valence-electron chi connectivity index (χ1n) is 7.72. The van der Waals surface area contributed by atoms with Crippen LogP contribution in [0.4, 0.5) is 0 Å². The molecule has 0 saturated carbocycles. The van der Waals surface area contributed by atoms with Crippen LogP contribution in [0.1, 0.15) is 64.5 Å². The van der Waals surface area contributed by atoms with Gasteiger partial charge < -0.3 is 9.84 Å². The average Bonchev–Trinajstić information content (AvgIpc) is 2.40. The lowest BCUT2D eigenvalue weighted by atomic mass is 9.87. The molecule has 0 bridgehead atoms. The van der Waals surface area contributed by atoms with Gasteiger partial charge in [0.25, 0.3) is 0 Å². The first-order valence-corrected chi connectivity index (χ1v) is 7.72. The standard InChI is InChI=1S/C18H28O3/c1-14(19)7-5-6-8-17(20)21-13-15-9-11-16(12-10-15)18(2,3)4/h9-12,14,19H,5-8,13H2,1-4H3/t14-/m0/s1. The largest absolute Gasteiger partial charge is 0.461 e. The zero-order valence-electron chi connectivity index (χ0n) is 13.7. The predicted molar refractivity (Wildman–Crippen MR) is 85.1 cm³/mol. The summed E-state index contributed by atoms with van der Waals surface area (Å²) < 4.78 is 5.26. The number of carbonyl (C=O) groups is 1. The zero-order chi connectivity index (χ0) is 15.9. The lowest BCUT2D eigenvalue weighted by Crippen LogP contribution is -2.11. The maximum absolute atomic E-state index is 11.6. The minimum absolute atomic E-state index is 0.138. The number of aliphatic hydroxyl groups is 1. The van der Waals surface area contributed by atoms with Crippen molar-refractivity contribution in [1.29, 1.82) is 0 Å². The van der Waals surface area contributed by atoms with Gasteiger partial charge in [-0.1, -0.05) is 51.5 Å². The fraction of sp³-hybridized carbons (Fsp3) is 0.611. The van der Waals surface area contributed by atoms with Gasteiger partial charge in [0.2, 0.25) is 0 Å². The Labute approximate surface area is 128 Å². The first kappa shape index (κ1) is 17.7. The van der Waals surface area contributed by atoms with Crippen LogP contribution >= 0.6 is 0 Å². The maximum Gasteiger partial charge on any atom is 0.306 e. The van der Waals surface area contributed by atoms with Gasteiger partial charge in [-0.3, -0.25) is 4.79 Å². The number of hydrogen-bond donors (Lipinski definition) is 1. The van der Waals surface area contributed by atoms with Crippen LogP contribution in [0, 0.1) is 0 Å². The molecule has 0 unspecified atom stereocenters. The molecule has 0 aliphatic heterocycles. The fourth-order valence-electron chi connectivity index (χ4n) is 2.05. The number of benzene rings is 1. The summed E-state index contributed by atoms with van der Waals surface area (Å²) >= 11 is 0.